The number of rotatable bonds is 9. The molecule has 3 nitrogen and oxygen atoms in total. The highest BCUT2D eigenvalue weighted by Crippen LogP contribution is 2.42. The van der Waals surface area contributed by atoms with Crippen molar-refractivity contribution < 1.29 is 40.6 Å². The van der Waals surface area contributed by atoms with Gasteiger partial charge in [0.25, 0.3) is 0 Å². The molecule has 0 saturated heterocycles. The third-order valence-corrected chi connectivity index (χ3v) is 5.20. The lowest BCUT2D eigenvalue weighted by Gasteiger charge is -2.18. The second-order valence-corrected chi connectivity index (χ2v) is 7.78. The molecule has 31 heavy (non-hydrogen) atoms. The van der Waals surface area contributed by atoms with Gasteiger partial charge in [-0.2, -0.15) is 26.3 Å². The van der Waals surface area contributed by atoms with Crippen molar-refractivity contribution in [2.24, 2.45) is 0 Å². The lowest BCUT2D eigenvalue weighted by atomic mass is 10.0. The lowest BCUT2D eigenvalue weighted by molar-refractivity contribution is -0.143. The summed E-state index contributed by atoms with van der Waals surface area (Å²) in [6, 6.07) is 6.01. The van der Waals surface area contributed by atoms with E-state index in [-0.39, 0.29) is 17.7 Å². The highest BCUT2D eigenvalue weighted by molar-refractivity contribution is 7.66. The molecule has 0 aliphatic heterocycles. The van der Waals surface area contributed by atoms with Gasteiger partial charge in [0.1, 0.15) is 11.5 Å². The molecule has 0 spiro atoms. The number of carbonyl (C=O) groups excluding carboxylic acids is 1. The zero-order chi connectivity index (χ0) is 23.2. The summed E-state index contributed by atoms with van der Waals surface area (Å²) < 4.78 is 91.3. The Morgan fingerprint density at radius 2 is 1.42 bits per heavy atom. The predicted octanol–water partition coefficient (Wildman–Crippen LogP) is 6.45. The standard InChI is InChI=1S/C21H21F6O3P/c1-3-10-29-13-8-9-17(16(12-13)30-11-4-2)31-19(28)18-14(20(22,23)24)6-5-7-15(18)21(25,26)27/h5-9,12,31H,3-4,10-11H2,1-2H3. The summed E-state index contributed by atoms with van der Waals surface area (Å²) in [5.41, 5.74) is -5.88. The van der Waals surface area contributed by atoms with Crippen LogP contribution in [0.2, 0.25) is 0 Å². The van der Waals surface area contributed by atoms with Crippen LogP contribution in [-0.4, -0.2) is 18.7 Å². The molecule has 0 heterocycles. The molecule has 0 aromatic heterocycles. The van der Waals surface area contributed by atoms with Crippen LogP contribution >= 0.6 is 8.58 Å². The van der Waals surface area contributed by atoms with E-state index in [0.717, 1.165) is 6.42 Å². The second-order valence-electron chi connectivity index (χ2n) is 6.53. The second kappa shape index (κ2) is 10.4. The summed E-state index contributed by atoms with van der Waals surface area (Å²) in [4.78, 5) is 12.8. The van der Waals surface area contributed by atoms with Gasteiger partial charge in [-0.3, -0.25) is 4.79 Å². The first-order valence-corrected chi connectivity index (χ1v) is 10.5. The Balaban J connectivity index is 2.49. The fraction of sp³-hybridized carbons (Fsp3) is 0.381. The molecule has 0 fully saturated rings. The smallest absolute Gasteiger partial charge is 0.417 e. The average Bonchev–Trinajstić information content (AvgIpc) is 2.70. The van der Waals surface area contributed by atoms with E-state index in [1.165, 1.54) is 18.2 Å². The van der Waals surface area contributed by atoms with Crippen molar-refractivity contribution in [2.45, 2.75) is 39.0 Å². The minimum atomic E-state index is -5.11. The maximum absolute atomic E-state index is 13.4. The van der Waals surface area contributed by atoms with E-state index >= 15 is 0 Å². The largest absolute Gasteiger partial charge is 0.493 e. The summed E-state index contributed by atoms with van der Waals surface area (Å²) >= 11 is 0. The van der Waals surface area contributed by atoms with Gasteiger partial charge in [0.15, 0.2) is 5.52 Å². The van der Waals surface area contributed by atoms with E-state index in [1.54, 1.807) is 0 Å². The normalized spacial score (nSPS) is 12.4. The van der Waals surface area contributed by atoms with E-state index in [1.807, 2.05) is 13.8 Å². The molecular formula is C21H21F6O3P. The Bertz CT molecular complexity index is 877. The molecular weight excluding hydrogens is 445 g/mol. The summed E-state index contributed by atoms with van der Waals surface area (Å²) in [5.74, 6) is 0.626. The molecule has 0 aliphatic carbocycles. The van der Waals surface area contributed by atoms with Crippen LogP contribution < -0.4 is 14.8 Å². The maximum Gasteiger partial charge on any atom is 0.417 e. The van der Waals surface area contributed by atoms with Crippen molar-refractivity contribution in [1.29, 1.82) is 0 Å². The van der Waals surface area contributed by atoms with Crippen LogP contribution in [0.15, 0.2) is 36.4 Å². The maximum atomic E-state index is 13.4. The first-order valence-electron chi connectivity index (χ1n) is 9.47. The van der Waals surface area contributed by atoms with Gasteiger partial charge in [-0.05, 0) is 45.7 Å². The van der Waals surface area contributed by atoms with E-state index in [2.05, 4.69) is 0 Å². The van der Waals surface area contributed by atoms with E-state index in [4.69, 9.17) is 9.47 Å². The van der Waals surface area contributed by atoms with Crippen LogP contribution in [0, 0.1) is 0 Å². The molecule has 0 radical (unpaired) electrons. The zero-order valence-corrected chi connectivity index (χ0v) is 17.8. The van der Waals surface area contributed by atoms with Gasteiger partial charge in [0, 0.05) is 16.9 Å². The van der Waals surface area contributed by atoms with Crippen LogP contribution in [0.1, 0.15) is 48.2 Å². The van der Waals surface area contributed by atoms with Crippen molar-refractivity contribution in [3.8, 4) is 11.5 Å². The van der Waals surface area contributed by atoms with Crippen LogP contribution in [0.5, 0.6) is 11.5 Å². The lowest BCUT2D eigenvalue weighted by Crippen LogP contribution is -2.19. The number of halogens is 6. The number of carbonyl (C=O) groups is 1. The Morgan fingerprint density at radius 3 is 1.94 bits per heavy atom. The van der Waals surface area contributed by atoms with Crippen molar-refractivity contribution in [3.05, 3.63) is 53.1 Å². The number of ether oxygens (including phenoxy) is 2. The van der Waals surface area contributed by atoms with Gasteiger partial charge in [-0.15, -0.1) is 0 Å². The molecule has 10 heteroatoms. The molecule has 1 atom stereocenters. The minimum Gasteiger partial charge on any atom is -0.493 e. The first-order chi connectivity index (χ1) is 14.5. The fourth-order valence-corrected chi connectivity index (χ4v) is 3.77. The quantitative estimate of drug-likeness (QED) is 0.315. The van der Waals surface area contributed by atoms with Crippen molar-refractivity contribution in [3.63, 3.8) is 0 Å². The van der Waals surface area contributed by atoms with Crippen molar-refractivity contribution >= 4 is 19.4 Å². The van der Waals surface area contributed by atoms with Gasteiger partial charge in [0.2, 0.25) is 0 Å². The van der Waals surface area contributed by atoms with E-state index in [0.29, 0.717) is 37.0 Å². The summed E-state index contributed by atoms with van der Waals surface area (Å²) in [5, 5.41) is 0.201. The van der Waals surface area contributed by atoms with Gasteiger partial charge < -0.3 is 9.47 Å². The number of alkyl halides is 6. The monoisotopic (exact) mass is 466 g/mol. The van der Waals surface area contributed by atoms with Gasteiger partial charge in [-0.25, -0.2) is 0 Å². The molecule has 0 aliphatic rings. The summed E-state index contributed by atoms with van der Waals surface area (Å²) in [6.45, 7) is 4.41. The van der Waals surface area contributed by atoms with E-state index < -0.39 is 43.1 Å². The summed E-state index contributed by atoms with van der Waals surface area (Å²) in [6.07, 6.45) is -8.88. The molecule has 2 rings (SSSR count). The SMILES string of the molecule is CCCOc1ccc(PC(=O)c2c(C(F)(F)F)cccc2C(F)(F)F)c(OCCC)c1. The topological polar surface area (TPSA) is 35.5 Å². The van der Waals surface area contributed by atoms with Gasteiger partial charge in [0.05, 0.1) is 24.3 Å². The Morgan fingerprint density at radius 1 is 0.871 bits per heavy atom. The molecule has 0 N–H and O–H groups in total. The molecule has 170 valence electrons. The fourth-order valence-electron chi connectivity index (χ4n) is 2.70. The van der Waals surface area contributed by atoms with Crippen molar-refractivity contribution in [1.82, 2.24) is 0 Å². The highest BCUT2D eigenvalue weighted by atomic mass is 31.1. The van der Waals surface area contributed by atoms with E-state index in [9.17, 15) is 31.1 Å². The third-order valence-electron chi connectivity index (χ3n) is 4.04. The minimum absolute atomic E-state index is 0.195. The van der Waals surface area contributed by atoms with Crippen LogP contribution in [0.25, 0.3) is 0 Å². The third kappa shape index (κ3) is 6.60. The van der Waals surface area contributed by atoms with Gasteiger partial charge in [-0.1, -0.05) is 19.9 Å². The molecule has 2 aromatic carbocycles. The summed E-state index contributed by atoms with van der Waals surface area (Å²) in [7, 11) is -1.00. The van der Waals surface area contributed by atoms with Crippen LogP contribution in [-0.2, 0) is 12.4 Å². The van der Waals surface area contributed by atoms with Crippen LogP contribution in [0.3, 0.4) is 0 Å². The Hall–Kier alpha value is -2.28. The molecule has 2 aromatic rings. The Kier molecular flexibility index (Phi) is 8.34. The first kappa shape index (κ1) is 25.0. The zero-order valence-electron chi connectivity index (χ0n) is 16.8. The van der Waals surface area contributed by atoms with Crippen LogP contribution in [0.4, 0.5) is 26.3 Å². The highest BCUT2D eigenvalue weighted by Gasteiger charge is 2.42. The molecule has 1 unspecified atom stereocenters. The van der Waals surface area contributed by atoms with Gasteiger partial charge >= 0.3 is 12.4 Å². The van der Waals surface area contributed by atoms with Crippen molar-refractivity contribution in [2.75, 3.05) is 13.2 Å². The number of benzene rings is 2. The average molecular weight is 466 g/mol. The molecule has 0 bridgehead atoms. The number of hydrogen-bond donors (Lipinski definition) is 0. The Labute approximate surface area is 177 Å². The number of hydrogen-bond acceptors (Lipinski definition) is 3. The molecule has 0 saturated carbocycles. The predicted molar refractivity (Wildman–Crippen MR) is 107 cm³/mol. The molecule has 0 amide bonds.